The fourth-order valence-corrected chi connectivity index (χ4v) is 5.82. The van der Waals surface area contributed by atoms with Crippen LogP contribution < -0.4 is 5.32 Å². The lowest BCUT2D eigenvalue weighted by molar-refractivity contribution is -0.121. The number of nitrogens with zero attached hydrogens (tertiary/aromatic N) is 2. The number of benzene rings is 2. The Balaban J connectivity index is 1.25. The molecule has 1 fully saturated rings. The molecule has 1 aliphatic carbocycles. The summed E-state index contributed by atoms with van der Waals surface area (Å²) in [6, 6.07) is 14.0. The Bertz CT molecular complexity index is 1170. The quantitative estimate of drug-likeness (QED) is 0.562. The summed E-state index contributed by atoms with van der Waals surface area (Å²) in [7, 11) is 0. The molecule has 2 amide bonds. The summed E-state index contributed by atoms with van der Waals surface area (Å²) < 4.78 is 13.2. The van der Waals surface area contributed by atoms with Gasteiger partial charge < -0.3 is 10.2 Å². The highest BCUT2D eigenvalue weighted by molar-refractivity contribution is 7.13. The summed E-state index contributed by atoms with van der Waals surface area (Å²) in [6.07, 6.45) is 5.26. The van der Waals surface area contributed by atoms with E-state index < -0.39 is 0 Å². The van der Waals surface area contributed by atoms with Crippen molar-refractivity contribution in [3.05, 3.63) is 76.5 Å². The van der Waals surface area contributed by atoms with Crippen LogP contribution in [0.5, 0.6) is 0 Å². The number of halogens is 1. The number of thiazole rings is 1. The lowest BCUT2D eigenvalue weighted by Crippen LogP contribution is -2.57. The molecule has 2 aliphatic rings. The molecule has 0 radical (unpaired) electrons. The summed E-state index contributed by atoms with van der Waals surface area (Å²) in [5.74, 6) is -0.309. The van der Waals surface area contributed by atoms with E-state index in [-0.39, 0.29) is 29.6 Å². The van der Waals surface area contributed by atoms with Crippen molar-refractivity contribution in [2.24, 2.45) is 0 Å². The SMILES string of the molecule is O=C(Cc1csc(-c2ccc(F)cc2)n1)NCC1(N2Cc3ccccc3C2=O)CCCCC1. The van der Waals surface area contributed by atoms with Crippen molar-refractivity contribution in [3.63, 3.8) is 0 Å². The molecule has 1 N–H and O–H groups in total. The van der Waals surface area contributed by atoms with Crippen LogP contribution in [0.4, 0.5) is 4.39 Å². The average molecular weight is 464 g/mol. The Kier molecular flexibility index (Phi) is 5.98. The minimum Gasteiger partial charge on any atom is -0.353 e. The number of aromatic nitrogens is 1. The minimum atomic E-state index is -0.342. The van der Waals surface area contributed by atoms with Gasteiger partial charge in [-0.05, 0) is 48.7 Å². The number of fused-ring (bicyclic) bond motifs is 1. The van der Waals surface area contributed by atoms with Gasteiger partial charge in [-0.1, -0.05) is 37.5 Å². The monoisotopic (exact) mass is 463 g/mol. The third kappa shape index (κ3) is 4.42. The minimum absolute atomic E-state index is 0.0742. The van der Waals surface area contributed by atoms with Gasteiger partial charge in [-0.15, -0.1) is 11.3 Å². The maximum atomic E-state index is 13.2. The summed E-state index contributed by atoms with van der Waals surface area (Å²) in [4.78, 5) is 32.5. The van der Waals surface area contributed by atoms with Crippen molar-refractivity contribution >= 4 is 23.2 Å². The molecule has 5 rings (SSSR count). The highest BCUT2D eigenvalue weighted by Gasteiger charge is 2.44. The van der Waals surface area contributed by atoms with Gasteiger partial charge in [0.25, 0.3) is 5.91 Å². The maximum Gasteiger partial charge on any atom is 0.255 e. The van der Waals surface area contributed by atoms with E-state index in [1.165, 1.54) is 23.5 Å². The van der Waals surface area contributed by atoms with Crippen LogP contribution >= 0.6 is 11.3 Å². The van der Waals surface area contributed by atoms with Crippen LogP contribution in [0.25, 0.3) is 10.6 Å². The predicted molar refractivity (Wildman–Crippen MR) is 126 cm³/mol. The zero-order valence-electron chi connectivity index (χ0n) is 18.4. The van der Waals surface area contributed by atoms with Gasteiger partial charge >= 0.3 is 0 Å². The highest BCUT2D eigenvalue weighted by atomic mass is 32.1. The first kappa shape index (κ1) is 21.8. The summed E-state index contributed by atoms with van der Waals surface area (Å²) in [5.41, 5.74) is 3.03. The number of nitrogens with one attached hydrogen (secondary N) is 1. The number of hydrogen-bond donors (Lipinski definition) is 1. The van der Waals surface area contributed by atoms with Gasteiger partial charge in [-0.2, -0.15) is 0 Å². The molecule has 0 atom stereocenters. The van der Waals surface area contributed by atoms with Crippen molar-refractivity contribution in [3.8, 4) is 10.6 Å². The number of rotatable bonds is 6. The van der Waals surface area contributed by atoms with Gasteiger partial charge in [-0.3, -0.25) is 9.59 Å². The van der Waals surface area contributed by atoms with Gasteiger partial charge in [0, 0.05) is 29.6 Å². The normalized spacial score (nSPS) is 17.1. The molecule has 170 valence electrons. The first-order valence-electron chi connectivity index (χ1n) is 11.4. The molecule has 1 aliphatic heterocycles. The second-order valence-electron chi connectivity index (χ2n) is 8.94. The van der Waals surface area contributed by atoms with E-state index in [1.807, 2.05) is 34.5 Å². The number of carbonyl (C=O) groups excluding carboxylic acids is 2. The molecular formula is C26H26FN3O2S. The zero-order chi connectivity index (χ0) is 22.8. The molecule has 3 aromatic rings. The van der Waals surface area contributed by atoms with E-state index in [0.29, 0.717) is 18.8 Å². The topological polar surface area (TPSA) is 62.3 Å². The number of hydrogen-bond acceptors (Lipinski definition) is 4. The van der Waals surface area contributed by atoms with E-state index in [0.717, 1.165) is 53.8 Å². The van der Waals surface area contributed by atoms with E-state index in [2.05, 4.69) is 10.3 Å². The smallest absolute Gasteiger partial charge is 0.255 e. The fourth-order valence-electron chi connectivity index (χ4n) is 4.99. The molecule has 33 heavy (non-hydrogen) atoms. The molecule has 7 heteroatoms. The van der Waals surface area contributed by atoms with Crippen LogP contribution in [0.2, 0.25) is 0 Å². The van der Waals surface area contributed by atoms with Crippen LogP contribution in [-0.4, -0.2) is 33.8 Å². The molecule has 5 nitrogen and oxygen atoms in total. The van der Waals surface area contributed by atoms with Crippen molar-refractivity contribution in [1.29, 1.82) is 0 Å². The lowest BCUT2D eigenvalue weighted by Gasteiger charge is -2.44. The summed E-state index contributed by atoms with van der Waals surface area (Å²) in [6.45, 7) is 1.07. The molecule has 0 spiro atoms. The van der Waals surface area contributed by atoms with Crippen LogP contribution in [-0.2, 0) is 17.8 Å². The molecule has 0 saturated heterocycles. The first-order valence-corrected chi connectivity index (χ1v) is 12.3. The molecular weight excluding hydrogens is 437 g/mol. The first-order chi connectivity index (χ1) is 16.0. The molecule has 1 aromatic heterocycles. The van der Waals surface area contributed by atoms with Gasteiger partial charge in [0.05, 0.1) is 17.7 Å². The van der Waals surface area contributed by atoms with Crippen LogP contribution in [0.15, 0.2) is 53.9 Å². The van der Waals surface area contributed by atoms with E-state index in [9.17, 15) is 14.0 Å². The van der Waals surface area contributed by atoms with E-state index in [4.69, 9.17) is 0 Å². The van der Waals surface area contributed by atoms with Crippen molar-refractivity contribution in [1.82, 2.24) is 15.2 Å². The fraction of sp³-hybridized carbons (Fsp3) is 0.346. The Morgan fingerprint density at radius 3 is 2.61 bits per heavy atom. The average Bonchev–Trinajstić information content (AvgIpc) is 3.44. The number of amides is 2. The third-order valence-corrected chi connectivity index (χ3v) is 7.72. The van der Waals surface area contributed by atoms with Crippen LogP contribution in [0.3, 0.4) is 0 Å². The van der Waals surface area contributed by atoms with Crippen LogP contribution in [0, 0.1) is 5.82 Å². The maximum absolute atomic E-state index is 13.2. The lowest BCUT2D eigenvalue weighted by atomic mass is 9.80. The van der Waals surface area contributed by atoms with Gasteiger partial charge in [0.1, 0.15) is 10.8 Å². The van der Waals surface area contributed by atoms with E-state index >= 15 is 0 Å². The Morgan fingerprint density at radius 1 is 1.09 bits per heavy atom. The van der Waals surface area contributed by atoms with Gasteiger partial charge in [0.15, 0.2) is 0 Å². The molecule has 0 bridgehead atoms. The predicted octanol–water partition coefficient (Wildman–Crippen LogP) is 4.97. The second kappa shape index (κ2) is 9.06. The van der Waals surface area contributed by atoms with Crippen molar-refractivity contribution in [2.75, 3.05) is 6.54 Å². The van der Waals surface area contributed by atoms with Gasteiger partial charge in [-0.25, -0.2) is 9.37 Å². The zero-order valence-corrected chi connectivity index (χ0v) is 19.2. The number of carbonyl (C=O) groups is 2. The molecule has 2 heterocycles. The summed E-state index contributed by atoms with van der Waals surface area (Å²) >= 11 is 1.44. The van der Waals surface area contributed by atoms with Crippen molar-refractivity contribution in [2.45, 2.75) is 50.6 Å². The van der Waals surface area contributed by atoms with Crippen LogP contribution in [0.1, 0.15) is 53.7 Å². The van der Waals surface area contributed by atoms with Crippen molar-refractivity contribution < 1.29 is 14.0 Å². The Morgan fingerprint density at radius 2 is 1.85 bits per heavy atom. The molecule has 1 saturated carbocycles. The third-order valence-electron chi connectivity index (χ3n) is 6.78. The molecule has 2 aromatic carbocycles. The second-order valence-corrected chi connectivity index (χ2v) is 9.80. The Labute approximate surface area is 196 Å². The molecule has 0 unspecified atom stereocenters. The largest absolute Gasteiger partial charge is 0.353 e. The standard InChI is InChI=1S/C26H26FN3O2S/c27-20-10-8-18(9-11-20)24-29-21(16-33-24)14-23(31)28-17-26(12-4-1-5-13-26)30-15-19-6-2-3-7-22(19)25(30)32/h2-3,6-11,16H,1,4-5,12-15,17H2,(H,28,31). The summed E-state index contributed by atoms with van der Waals surface area (Å²) in [5, 5.41) is 5.74. The highest BCUT2D eigenvalue weighted by Crippen LogP contribution is 2.38. The Hall–Kier alpha value is -3.06. The van der Waals surface area contributed by atoms with E-state index in [1.54, 1.807) is 12.1 Å². The van der Waals surface area contributed by atoms with Gasteiger partial charge in [0.2, 0.25) is 5.91 Å².